The van der Waals surface area contributed by atoms with Crippen LogP contribution in [0.3, 0.4) is 0 Å². The summed E-state index contributed by atoms with van der Waals surface area (Å²) in [6, 6.07) is 5.52. The summed E-state index contributed by atoms with van der Waals surface area (Å²) in [5.74, 6) is 1.55. The standard InChI is InChI=1S/C19H20BN5O4/c1-11-13-4-6-20(27)29-17(13)3-2-15(11)23-19-14(18(22)26)9-25(24-19)16-10-28-7-5-12(16)8-21/h2-4,6,9,12,16,27H,5,7,10H2,1H3,(H2,22,26)(H,23,24)/t12-,16+/m0/s1. The highest BCUT2D eigenvalue weighted by Gasteiger charge is 2.30. The number of hydrogen-bond acceptors (Lipinski definition) is 7. The van der Waals surface area contributed by atoms with Crippen molar-refractivity contribution in [2.45, 2.75) is 19.4 Å². The molecular weight excluding hydrogens is 373 g/mol. The Bertz CT molecular complexity index is 1030. The Morgan fingerprint density at radius 3 is 3.10 bits per heavy atom. The quantitative estimate of drug-likeness (QED) is 0.671. The predicted molar refractivity (Wildman–Crippen MR) is 106 cm³/mol. The molecule has 2 aliphatic heterocycles. The van der Waals surface area contributed by atoms with Crippen LogP contribution in [0, 0.1) is 24.2 Å². The van der Waals surface area contributed by atoms with E-state index in [9.17, 15) is 15.1 Å². The monoisotopic (exact) mass is 393 g/mol. The molecule has 2 aliphatic rings. The lowest BCUT2D eigenvalue weighted by Crippen LogP contribution is -2.29. The number of nitrogens with one attached hydrogen (secondary N) is 1. The van der Waals surface area contributed by atoms with Gasteiger partial charge >= 0.3 is 7.12 Å². The van der Waals surface area contributed by atoms with Gasteiger partial charge < -0.3 is 25.5 Å². The first-order chi connectivity index (χ1) is 14.0. The number of ether oxygens (including phenoxy) is 1. The van der Waals surface area contributed by atoms with Crippen molar-refractivity contribution in [3.8, 4) is 11.8 Å². The summed E-state index contributed by atoms with van der Waals surface area (Å²) in [6.07, 6.45) is 3.95. The maximum atomic E-state index is 12.0. The van der Waals surface area contributed by atoms with E-state index in [1.54, 1.807) is 35.1 Å². The maximum Gasteiger partial charge on any atom is 0.552 e. The SMILES string of the molecule is Cc1c(Nc2nn([C@@H]3COCC[C@H]3C#N)cc2C(N)=O)ccc2c1C=CB(O)O2. The van der Waals surface area contributed by atoms with Gasteiger partial charge in [-0.25, -0.2) is 0 Å². The molecule has 2 atom stereocenters. The number of hydrogen-bond donors (Lipinski definition) is 3. The smallest absolute Gasteiger partial charge is 0.532 e. The molecule has 0 saturated carbocycles. The first-order valence-electron chi connectivity index (χ1n) is 9.27. The number of fused-ring (bicyclic) bond motifs is 1. The molecule has 3 heterocycles. The molecule has 29 heavy (non-hydrogen) atoms. The van der Waals surface area contributed by atoms with E-state index < -0.39 is 13.0 Å². The molecule has 148 valence electrons. The van der Waals surface area contributed by atoms with Crippen LogP contribution >= 0.6 is 0 Å². The summed E-state index contributed by atoms with van der Waals surface area (Å²) in [4.78, 5) is 12.0. The van der Waals surface area contributed by atoms with E-state index in [0.717, 1.165) is 16.8 Å². The zero-order valence-electron chi connectivity index (χ0n) is 15.8. The highest BCUT2D eigenvalue weighted by Crippen LogP contribution is 2.34. The minimum Gasteiger partial charge on any atom is -0.532 e. The Morgan fingerprint density at radius 2 is 2.34 bits per heavy atom. The third kappa shape index (κ3) is 3.58. The summed E-state index contributed by atoms with van der Waals surface area (Å²) in [7, 11) is -0.969. The fourth-order valence-electron chi connectivity index (χ4n) is 3.59. The van der Waals surface area contributed by atoms with Crippen molar-refractivity contribution in [1.82, 2.24) is 9.78 Å². The number of benzene rings is 1. The van der Waals surface area contributed by atoms with Crippen LogP contribution in [-0.4, -0.2) is 41.0 Å². The van der Waals surface area contributed by atoms with Gasteiger partial charge in [0.15, 0.2) is 5.82 Å². The molecule has 1 fully saturated rings. The average molecular weight is 393 g/mol. The number of aromatic nitrogens is 2. The predicted octanol–water partition coefficient (Wildman–Crippen LogP) is 1.56. The summed E-state index contributed by atoms with van der Waals surface area (Å²) in [5.41, 5.74) is 8.20. The van der Waals surface area contributed by atoms with Gasteiger partial charge in [-0.15, -0.1) is 0 Å². The summed E-state index contributed by atoms with van der Waals surface area (Å²) >= 11 is 0. The molecule has 0 bridgehead atoms. The van der Waals surface area contributed by atoms with Gasteiger partial charge in [0, 0.05) is 24.1 Å². The number of nitrogens with two attached hydrogens (primary N) is 1. The van der Waals surface area contributed by atoms with Gasteiger partial charge in [0.1, 0.15) is 11.3 Å². The van der Waals surface area contributed by atoms with E-state index in [1.807, 2.05) is 6.92 Å². The average Bonchev–Trinajstić information content (AvgIpc) is 3.14. The Kier molecular flexibility index (Phi) is 5.00. The van der Waals surface area contributed by atoms with Crippen molar-refractivity contribution >= 4 is 30.6 Å². The fourth-order valence-corrected chi connectivity index (χ4v) is 3.59. The molecule has 9 nitrogen and oxygen atoms in total. The Balaban J connectivity index is 1.68. The number of amides is 1. The summed E-state index contributed by atoms with van der Waals surface area (Å²) in [5, 5.41) is 26.7. The number of carbonyl (C=O) groups excluding carboxylic acids is 1. The number of rotatable bonds is 4. The van der Waals surface area contributed by atoms with E-state index in [1.165, 1.54) is 0 Å². The van der Waals surface area contributed by atoms with Crippen molar-refractivity contribution in [2.75, 3.05) is 18.5 Å². The lowest BCUT2D eigenvalue weighted by molar-refractivity contribution is 0.0342. The molecule has 1 saturated heterocycles. The lowest BCUT2D eigenvalue weighted by Gasteiger charge is -2.27. The molecular formula is C19H20BN5O4. The van der Waals surface area contributed by atoms with Gasteiger partial charge in [-0.3, -0.25) is 9.48 Å². The highest BCUT2D eigenvalue weighted by atomic mass is 16.5. The summed E-state index contributed by atoms with van der Waals surface area (Å²) in [6.45, 7) is 2.77. The van der Waals surface area contributed by atoms with E-state index in [-0.39, 0.29) is 17.5 Å². The normalized spacial score (nSPS) is 20.5. The van der Waals surface area contributed by atoms with Crippen molar-refractivity contribution in [1.29, 1.82) is 5.26 Å². The van der Waals surface area contributed by atoms with Crippen molar-refractivity contribution in [3.05, 3.63) is 41.0 Å². The van der Waals surface area contributed by atoms with E-state index >= 15 is 0 Å². The molecule has 1 amide bonds. The minimum atomic E-state index is -0.969. The van der Waals surface area contributed by atoms with Gasteiger partial charge in [-0.1, -0.05) is 6.08 Å². The molecule has 10 heteroatoms. The molecule has 4 rings (SSSR count). The minimum absolute atomic E-state index is 0.228. The Hall–Kier alpha value is -3.29. The molecule has 1 aromatic carbocycles. The van der Waals surface area contributed by atoms with Crippen LogP contribution < -0.4 is 15.7 Å². The van der Waals surface area contributed by atoms with Crippen molar-refractivity contribution < 1.29 is 19.2 Å². The van der Waals surface area contributed by atoms with Crippen LogP contribution in [0.15, 0.2) is 24.3 Å². The topological polar surface area (TPSA) is 135 Å². The number of carbonyl (C=O) groups is 1. The number of anilines is 2. The van der Waals surface area contributed by atoms with Crippen LogP contribution in [0.25, 0.3) is 6.08 Å². The second-order valence-electron chi connectivity index (χ2n) is 7.04. The molecule has 2 aromatic rings. The first kappa shape index (κ1) is 19.0. The molecule has 0 unspecified atom stereocenters. The number of nitrogens with zero attached hydrogens (tertiary/aromatic N) is 3. The molecule has 0 radical (unpaired) electrons. The first-order valence-corrected chi connectivity index (χ1v) is 9.27. The van der Waals surface area contributed by atoms with E-state index in [0.29, 0.717) is 31.2 Å². The molecule has 4 N–H and O–H groups in total. The zero-order chi connectivity index (χ0) is 20.5. The maximum absolute atomic E-state index is 12.0. The van der Waals surface area contributed by atoms with Crippen molar-refractivity contribution in [2.24, 2.45) is 11.7 Å². The highest BCUT2D eigenvalue weighted by molar-refractivity contribution is 6.51. The molecule has 1 aromatic heterocycles. The van der Waals surface area contributed by atoms with Gasteiger partial charge in [0.05, 0.1) is 24.6 Å². The zero-order valence-corrected chi connectivity index (χ0v) is 15.8. The molecule has 0 aliphatic carbocycles. The number of primary amides is 1. The number of nitriles is 1. The Labute approximate surface area is 167 Å². The summed E-state index contributed by atoms with van der Waals surface area (Å²) < 4.78 is 12.5. The third-order valence-electron chi connectivity index (χ3n) is 5.23. The van der Waals surface area contributed by atoms with Crippen molar-refractivity contribution in [3.63, 3.8) is 0 Å². The van der Waals surface area contributed by atoms with Crippen LogP contribution in [0.1, 0.15) is 33.9 Å². The van der Waals surface area contributed by atoms with Gasteiger partial charge in [0.2, 0.25) is 0 Å². The van der Waals surface area contributed by atoms with Crippen LogP contribution in [-0.2, 0) is 4.74 Å². The van der Waals surface area contributed by atoms with Gasteiger partial charge in [-0.05, 0) is 37.0 Å². The molecule has 0 spiro atoms. The second kappa shape index (κ2) is 7.62. The van der Waals surface area contributed by atoms with Crippen LogP contribution in [0.5, 0.6) is 5.75 Å². The van der Waals surface area contributed by atoms with Gasteiger partial charge in [-0.2, -0.15) is 10.4 Å². The van der Waals surface area contributed by atoms with E-state index in [2.05, 4.69) is 16.5 Å². The van der Waals surface area contributed by atoms with Gasteiger partial charge in [0.25, 0.3) is 5.91 Å². The van der Waals surface area contributed by atoms with Crippen LogP contribution in [0.4, 0.5) is 11.5 Å². The second-order valence-corrected chi connectivity index (χ2v) is 7.04. The third-order valence-corrected chi connectivity index (χ3v) is 5.23. The lowest BCUT2D eigenvalue weighted by atomic mass is 9.85. The Morgan fingerprint density at radius 1 is 1.52 bits per heavy atom. The largest absolute Gasteiger partial charge is 0.552 e. The van der Waals surface area contributed by atoms with Crippen LogP contribution in [0.2, 0.25) is 0 Å². The fraction of sp³-hybridized carbons (Fsp3) is 0.316. The van der Waals surface area contributed by atoms with E-state index in [4.69, 9.17) is 15.1 Å².